The van der Waals surface area contributed by atoms with Gasteiger partial charge in [0.05, 0.1) is 6.04 Å². The summed E-state index contributed by atoms with van der Waals surface area (Å²) in [6.45, 7) is 7.38. The van der Waals surface area contributed by atoms with Crippen molar-refractivity contribution in [2.45, 2.75) is 65.0 Å². The molecule has 7 heteroatoms. The molecular formula is C22H30N4O3. The second-order valence-corrected chi connectivity index (χ2v) is 8.37. The smallest absolute Gasteiger partial charge is 0.408 e. The third-order valence-corrected chi connectivity index (χ3v) is 4.79. The van der Waals surface area contributed by atoms with Gasteiger partial charge in [-0.2, -0.15) is 0 Å². The van der Waals surface area contributed by atoms with E-state index in [0.29, 0.717) is 6.42 Å². The van der Waals surface area contributed by atoms with E-state index in [1.807, 2.05) is 30.5 Å². The Bertz CT molecular complexity index is 869. The number of aromatic amines is 1. The summed E-state index contributed by atoms with van der Waals surface area (Å²) in [5, 5.41) is 2.57. The van der Waals surface area contributed by atoms with Crippen molar-refractivity contribution in [3.05, 3.63) is 47.5 Å². The van der Waals surface area contributed by atoms with Crippen LogP contribution in [0, 0.1) is 0 Å². The van der Waals surface area contributed by atoms with Crippen molar-refractivity contribution in [1.29, 1.82) is 0 Å². The number of nitrogens with one attached hydrogen (secondary N) is 2. The van der Waals surface area contributed by atoms with Gasteiger partial charge < -0.3 is 15.0 Å². The first kappa shape index (κ1) is 20.9. The topological polar surface area (TPSA) is 87.3 Å². The molecule has 0 radical (unpaired) electrons. The van der Waals surface area contributed by atoms with Crippen LogP contribution >= 0.6 is 0 Å². The average Bonchev–Trinajstić information content (AvgIpc) is 3.27. The maximum absolute atomic E-state index is 13.1. The molecule has 0 saturated carbocycles. The first-order valence-electron chi connectivity index (χ1n) is 10.2. The van der Waals surface area contributed by atoms with Gasteiger partial charge in [-0.25, -0.2) is 9.78 Å². The molecule has 1 atom stereocenters. The SMILES string of the molecule is CCCCc1cnc(C2Cc3ccccc3N2C(=O)CNC(=O)OC(C)(C)C)[nH]1. The fourth-order valence-corrected chi connectivity index (χ4v) is 3.50. The summed E-state index contributed by atoms with van der Waals surface area (Å²) in [5.41, 5.74) is 2.42. The van der Waals surface area contributed by atoms with Gasteiger partial charge in [-0.3, -0.25) is 9.69 Å². The predicted molar refractivity (Wildman–Crippen MR) is 112 cm³/mol. The molecule has 0 fully saturated rings. The normalized spacial score (nSPS) is 15.9. The highest BCUT2D eigenvalue weighted by Gasteiger charge is 2.36. The van der Waals surface area contributed by atoms with Crippen molar-refractivity contribution in [3.63, 3.8) is 0 Å². The van der Waals surface area contributed by atoms with Crippen molar-refractivity contribution < 1.29 is 14.3 Å². The van der Waals surface area contributed by atoms with Crippen LogP contribution in [0.1, 0.15) is 63.7 Å². The maximum Gasteiger partial charge on any atom is 0.408 e. The standard InChI is InChI=1S/C22H30N4O3/c1-5-6-10-16-13-23-20(25-16)18-12-15-9-7-8-11-17(15)26(18)19(27)14-24-21(28)29-22(2,3)4/h7-9,11,13,18H,5-6,10,12,14H2,1-4H3,(H,23,25)(H,24,28). The largest absolute Gasteiger partial charge is 0.444 e. The number of alkyl carbamates (subject to hydrolysis) is 1. The number of benzene rings is 1. The van der Waals surface area contributed by atoms with Crippen molar-refractivity contribution in [2.75, 3.05) is 11.4 Å². The molecule has 0 bridgehead atoms. The van der Waals surface area contributed by atoms with Crippen molar-refractivity contribution >= 4 is 17.7 Å². The van der Waals surface area contributed by atoms with E-state index in [-0.39, 0.29) is 18.5 Å². The van der Waals surface area contributed by atoms with Gasteiger partial charge in [0.15, 0.2) is 0 Å². The maximum atomic E-state index is 13.1. The number of amides is 2. The summed E-state index contributed by atoms with van der Waals surface area (Å²) in [6.07, 6.45) is 5.09. The highest BCUT2D eigenvalue weighted by molar-refractivity contribution is 5.98. The van der Waals surface area contributed by atoms with Crippen molar-refractivity contribution in [1.82, 2.24) is 15.3 Å². The lowest BCUT2D eigenvalue weighted by molar-refractivity contribution is -0.118. The molecule has 2 amide bonds. The minimum absolute atomic E-state index is 0.136. The van der Waals surface area contributed by atoms with Crippen molar-refractivity contribution in [3.8, 4) is 0 Å². The summed E-state index contributed by atoms with van der Waals surface area (Å²) in [5.74, 6) is 0.579. The molecule has 1 aromatic carbocycles. The van der Waals surface area contributed by atoms with Crippen LogP contribution in [0.3, 0.4) is 0 Å². The first-order chi connectivity index (χ1) is 13.8. The monoisotopic (exact) mass is 398 g/mol. The van der Waals surface area contributed by atoms with Crippen LogP contribution in [0.15, 0.2) is 30.5 Å². The van der Waals surface area contributed by atoms with Gasteiger partial charge in [-0.05, 0) is 45.2 Å². The number of aryl methyl sites for hydroxylation is 1. The Morgan fingerprint density at radius 3 is 2.79 bits per heavy atom. The number of ether oxygens (including phenoxy) is 1. The molecule has 3 rings (SSSR count). The first-order valence-corrected chi connectivity index (χ1v) is 10.2. The van der Waals surface area contributed by atoms with E-state index in [0.717, 1.165) is 42.0 Å². The number of carbonyl (C=O) groups excluding carboxylic acids is 2. The Labute approximate surface area is 171 Å². The van der Waals surface area contributed by atoms with E-state index in [4.69, 9.17) is 4.74 Å². The molecule has 0 aliphatic carbocycles. The fraction of sp³-hybridized carbons (Fsp3) is 0.500. The number of carbonyl (C=O) groups is 2. The number of imidazole rings is 1. The zero-order chi connectivity index (χ0) is 21.0. The third kappa shape index (κ3) is 5.16. The van der Waals surface area contributed by atoms with Crippen LogP contribution in [0.4, 0.5) is 10.5 Å². The van der Waals surface area contributed by atoms with Gasteiger partial charge in [0, 0.05) is 24.0 Å². The highest BCUT2D eigenvalue weighted by Crippen LogP contribution is 2.39. The quantitative estimate of drug-likeness (QED) is 0.772. The molecule has 1 aliphatic heterocycles. The summed E-state index contributed by atoms with van der Waals surface area (Å²) in [7, 11) is 0. The lowest BCUT2D eigenvalue weighted by atomic mass is 10.1. The average molecular weight is 399 g/mol. The summed E-state index contributed by atoms with van der Waals surface area (Å²) in [4.78, 5) is 34.7. The molecule has 0 spiro atoms. The number of hydrogen-bond donors (Lipinski definition) is 2. The number of hydrogen-bond acceptors (Lipinski definition) is 4. The Morgan fingerprint density at radius 2 is 2.07 bits per heavy atom. The number of anilines is 1. The minimum atomic E-state index is -0.612. The molecule has 7 nitrogen and oxygen atoms in total. The van der Waals surface area contributed by atoms with E-state index in [2.05, 4.69) is 22.2 Å². The second kappa shape index (κ2) is 8.68. The molecule has 1 aromatic heterocycles. The van der Waals surface area contributed by atoms with E-state index in [1.165, 1.54) is 0 Å². The molecule has 156 valence electrons. The van der Waals surface area contributed by atoms with E-state index >= 15 is 0 Å². The van der Waals surface area contributed by atoms with Gasteiger partial charge in [-0.1, -0.05) is 31.5 Å². The van der Waals surface area contributed by atoms with Gasteiger partial charge >= 0.3 is 6.09 Å². The van der Waals surface area contributed by atoms with E-state index in [9.17, 15) is 9.59 Å². The molecule has 1 unspecified atom stereocenters. The number of fused-ring (bicyclic) bond motifs is 1. The van der Waals surface area contributed by atoms with E-state index < -0.39 is 11.7 Å². The molecule has 1 aliphatic rings. The Hall–Kier alpha value is -2.83. The number of rotatable bonds is 6. The number of para-hydroxylation sites is 1. The lowest BCUT2D eigenvalue weighted by Crippen LogP contribution is -2.42. The van der Waals surface area contributed by atoms with Crippen molar-refractivity contribution in [2.24, 2.45) is 0 Å². The molecular weight excluding hydrogens is 368 g/mol. The predicted octanol–water partition coefficient (Wildman–Crippen LogP) is 3.91. The van der Waals surface area contributed by atoms with Gasteiger partial charge in [-0.15, -0.1) is 0 Å². The van der Waals surface area contributed by atoms with E-state index in [1.54, 1.807) is 25.7 Å². The number of unbranched alkanes of at least 4 members (excludes halogenated alkanes) is 1. The van der Waals surface area contributed by atoms with Gasteiger partial charge in [0.25, 0.3) is 0 Å². The summed E-state index contributed by atoms with van der Waals surface area (Å²) in [6, 6.07) is 7.63. The number of aromatic nitrogens is 2. The Balaban J connectivity index is 1.76. The lowest BCUT2D eigenvalue weighted by Gasteiger charge is -2.25. The molecule has 2 aromatic rings. The van der Waals surface area contributed by atoms with Gasteiger partial charge in [0.1, 0.15) is 18.0 Å². The number of nitrogens with zero attached hydrogens (tertiary/aromatic N) is 2. The van der Waals surface area contributed by atoms with Crippen LogP contribution in [0.5, 0.6) is 0 Å². The van der Waals surface area contributed by atoms with Crippen LogP contribution < -0.4 is 10.2 Å². The summed E-state index contributed by atoms with van der Waals surface area (Å²) >= 11 is 0. The molecule has 0 saturated heterocycles. The minimum Gasteiger partial charge on any atom is -0.444 e. The zero-order valence-corrected chi connectivity index (χ0v) is 17.6. The van der Waals surface area contributed by atoms with Crippen LogP contribution in [-0.2, 0) is 22.4 Å². The zero-order valence-electron chi connectivity index (χ0n) is 17.6. The molecule has 2 N–H and O–H groups in total. The number of H-pyrrole nitrogens is 1. The molecule has 29 heavy (non-hydrogen) atoms. The third-order valence-electron chi connectivity index (χ3n) is 4.79. The molecule has 2 heterocycles. The highest BCUT2D eigenvalue weighted by atomic mass is 16.6. The van der Waals surface area contributed by atoms with Crippen LogP contribution in [0.25, 0.3) is 0 Å². The Morgan fingerprint density at radius 1 is 1.31 bits per heavy atom. The Kier molecular flexibility index (Phi) is 6.25. The van der Waals surface area contributed by atoms with Crippen LogP contribution in [-0.4, -0.2) is 34.1 Å². The fourth-order valence-electron chi connectivity index (χ4n) is 3.50. The summed E-state index contributed by atoms with van der Waals surface area (Å²) < 4.78 is 5.23. The second-order valence-electron chi connectivity index (χ2n) is 8.37. The van der Waals surface area contributed by atoms with Crippen LogP contribution in [0.2, 0.25) is 0 Å². The van der Waals surface area contributed by atoms with Gasteiger partial charge in [0.2, 0.25) is 5.91 Å².